The second-order valence-electron chi connectivity index (χ2n) is 5.45. The van der Waals surface area contributed by atoms with Gasteiger partial charge in [-0.15, -0.1) is 0 Å². The van der Waals surface area contributed by atoms with Gasteiger partial charge in [0.15, 0.2) is 5.78 Å². The Kier molecular flexibility index (Phi) is 5.15. The van der Waals surface area contributed by atoms with E-state index in [-0.39, 0.29) is 18.3 Å². The summed E-state index contributed by atoms with van der Waals surface area (Å²) in [4.78, 5) is 11.7. The number of hydrogen-bond donors (Lipinski definition) is 0. The minimum atomic E-state index is 0.0665. The topological polar surface area (TPSA) is 26.3 Å². The van der Waals surface area contributed by atoms with E-state index >= 15 is 0 Å². The van der Waals surface area contributed by atoms with E-state index < -0.39 is 0 Å². The van der Waals surface area contributed by atoms with Crippen LogP contribution in [0.25, 0.3) is 11.1 Å². The average Bonchev–Trinajstić information content (AvgIpc) is 2.53. The molecular weight excluding hydrogens is 260 g/mol. The number of ketones is 1. The van der Waals surface area contributed by atoms with Crippen molar-refractivity contribution in [2.45, 2.75) is 27.2 Å². The van der Waals surface area contributed by atoms with Crippen LogP contribution >= 0.6 is 0 Å². The largest absolute Gasteiger partial charge is 0.486 e. The molecule has 2 nitrogen and oxygen atoms in total. The fraction of sp³-hybridized carbons (Fsp3) is 0.316. The van der Waals surface area contributed by atoms with Crippen molar-refractivity contribution in [2.75, 3.05) is 6.61 Å². The first-order chi connectivity index (χ1) is 10.1. The van der Waals surface area contributed by atoms with E-state index in [1.54, 1.807) is 0 Å². The van der Waals surface area contributed by atoms with Crippen molar-refractivity contribution in [3.8, 4) is 16.9 Å². The Bertz CT molecular complexity index is 582. The van der Waals surface area contributed by atoms with Crippen molar-refractivity contribution in [3.63, 3.8) is 0 Å². The number of rotatable bonds is 6. The van der Waals surface area contributed by atoms with Crippen molar-refractivity contribution >= 4 is 5.78 Å². The van der Waals surface area contributed by atoms with E-state index in [1.807, 2.05) is 38.1 Å². The first-order valence-electron chi connectivity index (χ1n) is 7.42. The van der Waals surface area contributed by atoms with E-state index in [2.05, 4.69) is 31.2 Å². The molecule has 0 bridgehead atoms. The summed E-state index contributed by atoms with van der Waals surface area (Å²) in [5.41, 5.74) is 3.58. The van der Waals surface area contributed by atoms with Crippen LogP contribution in [0.2, 0.25) is 0 Å². The van der Waals surface area contributed by atoms with Crippen molar-refractivity contribution < 1.29 is 9.53 Å². The fourth-order valence-corrected chi connectivity index (χ4v) is 2.01. The van der Waals surface area contributed by atoms with E-state index in [0.29, 0.717) is 0 Å². The van der Waals surface area contributed by atoms with Gasteiger partial charge in [0.1, 0.15) is 12.4 Å². The van der Waals surface area contributed by atoms with Gasteiger partial charge in [-0.05, 0) is 36.6 Å². The third-order valence-corrected chi connectivity index (χ3v) is 3.78. The van der Waals surface area contributed by atoms with Crippen molar-refractivity contribution in [1.82, 2.24) is 0 Å². The van der Waals surface area contributed by atoms with Gasteiger partial charge in [0, 0.05) is 5.92 Å². The van der Waals surface area contributed by atoms with E-state index in [4.69, 9.17) is 4.74 Å². The zero-order valence-electron chi connectivity index (χ0n) is 12.9. The zero-order chi connectivity index (χ0) is 15.2. The third kappa shape index (κ3) is 4.19. The lowest BCUT2D eigenvalue weighted by molar-refractivity contribution is -0.124. The van der Waals surface area contributed by atoms with Crippen molar-refractivity contribution in [2.24, 2.45) is 5.92 Å². The highest BCUT2D eigenvalue weighted by molar-refractivity contribution is 5.82. The molecule has 2 heteroatoms. The molecule has 0 aliphatic carbocycles. The number of aryl methyl sites for hydroxylation is 1. The van der Waals surface area contributed by atoms with Gasteiger partial charge in [-0.1, -0.05) is 55.8 Å². The van der Waals surface area contributed by atoms with E-state index in [0.717, 1.165) is 17.7 Å². The monoisotopic (exact) mass is 282 g/mol. The molecule has 0 radical (unpaired) electrons. The molecule has 0 aliphatic heterocycles. The highest BCUT2D eigenvalue weighted by atomic mass is 16.5. The van der Waals surface area contributed by atoms with Crippen LogP contribution < -0.4 is 4.74 Å². The number of Topliss-reactive ketones (excluding diaryl/α,β-unsaturated/α-hetero) is 1. The van der Waals surface area contributed by atoms with Crippen LogP contribution in [0.15, 0.2) is 48.5 Å². The minimum Gasteiger partial charge on any atom is -0.486 e. The summed E-state index contributed by atoms with van der Waals surface area (Å²) in [6.07, 6.45) is 0.856. The SMILES string of the molecule is CCC(C)C(=O)COc1ccc(-c2ccc(C)cc2)cc1. The highest BCUT2D eigenvalue weighted by Crippen LogP contribution is 2.22. The van der Waals surface area contributed by atoms with Crippen LogP contribution in [0.1, 0.15) is 25.8 Å². The molecule has 0 aliphatic rings. The smallest absolute Gasteiger partial charge is 0.172 e. The Morgan fingerprint density at radius 3 is 2.05 bits per heavy atom. The Labute approximate surface area is 126 Å². The maximum Gasteiger partial charge on any atom is 0.172 e. The molecule has 0 aromatic heterocycles. The Morgan fingerprint density at radius 2 is 1.52 bits per heavy atom. The summed E-state index contributed by atoms with van der Waals surface area (Å²) in [5, 5.41) is 0. The van der Waals surface area contributed by atoms with Crippen LogP contribution in [0.4, 0.5) is 0 Å². The summed E-state index contributed by atoms with van der Waals surface area (Å²) >= 11 is 0. The molecule has 0 heterocycles. The zero-order valence-corrected chi connectivity index (χ0v) is 12.9. The Morgan fingerprint density at radius 1 is 1.00 bits per heavy atom. The number of ether oxygens (including phenoxy) is 1. The normalized spacial score (nSPS) is 12.0. The molecule has 21 heavy (non-hydrogen) atoms. The fourth-order valence-electron chi connectivity index (χ4n) is 2.01. The second-order valence-corrected chi connectivity index (χ2v) is 5.45. The number of hydrogen-bond acceptors (Lipinski definition) is 2. The van der Waals surface area contributed by atoms with Gasteiger partial charge in [0.2, 0.25) is 0 Å². The summed E-state index contributed by atoms with van der Waals surface area (Å²) in [5.74, 6) is 0.958. The van der Waals surface area contributed by atoms with E-state index in [9.17, 15) is 4.79 Å². The molecule has 1 atom stereocenters. The predicted octanol–water partition coefficient (Wildman–Crippen LogP) is 4.66. The van der Waals surface area contributed by atoms with Gasteiger partial charge in [-0.3, -0.25) is 4.79 Å². The lowest BCUT2D eigenvalue weighted by Gasteiger charge is -2.10. The van der Waals surface area contributed by atoms with Gasteiger partial charge in [0.05, 0.1) is 0 Å². The molecule has 0 saturated carbocycles. The van der Waals surface area contributed by atoms with Crippen LogP contribution in [-0.2, 0) is 4.79 Å². The van der Waals surface area contributed by atoms with Gasteiger partial charge in [-0.25, -0.2) is 0 Å². The molecule has 0 fully saturated rings. The van der Waals surface area contributed by atoms with Gasteiger partial charge in [-0.2, -0.15) is 0 Å². The van der Waals surface area contributed by atoms with E-state index in [1.165, 1.54) is 11.1 Å². The maximum atomic E-state index is 11.7. The van der Waals surface area contributed by atoms with Crippen molar-refractivity contribution in [3.05, 3.63) is 54.1 Å². The third-order valence-electron chi connectivity index (χ3n) is 3.78. The van der Waals surface area contributed by atoms with Crippen LogP contribution in [-0.4, -0.2) is 12.4 Å². The van der Waals surface area contributed by atoms with Gasteiger partial charge < -0.3 is 4.74 Å². The first kappa shape index (κ1) is 15.3. The predicted molar refractivity (Wildman–Crippen MR) is 86.6 cm³/mol. The molecule has 1 unspecified atom stereocenters. The molecule has 0 spiro atoms. The van der Waals surface area contributed by atoms with Crippen molar-refractivity contribution in [1.29, 1.82) is 0 Å². The maximum absolute atomic E-state index is 11.7. The minimum absolute atomic E-state index is 0.0665. The standard InChI is InChI=1S/C19H22O2/c1-4-15(3)19(20)13-21-18-11-9-17(10-12-18)16-7-5-14(2)6-8-16/h5-12,15H,4,13H2,1-3H3. The number of carbonyl (C=O) groups is 1. The lowest BCUT2D eigenvalue weighted by Crippen LogP contribution is -2.18. The summed E-state index contributed by atoms with van der Waals surface area (Å²) < 4.78 is 5.55. The lowest BCUT2D eigenvalue weighted by atomic mass is 10.0. The second kappa shape index (κ2) is 7.07. The Hall–Kier alpha value is -2.09. The summed E-state index contributed by atoms with van der Waals surface area (Å²) in [6.45, 7) is 6.18. The van der Waals surface area contributed by atoms with Gasteiger partial charge in [0.25, 0.3) is 0 Å². The Balaban J connectivity index is 1.99. The first-order valence-corrected chi connectivity index (χ1v) is 7.42. The average molecular weight is 282 g/mol. The molecule has 0 amide bonds. The van der Waals surface area contributed by atoms with Crippen LogP contribution in [0.3, 0.4) is 0 Å². The molecule has 0 saturated heterocycles. The summed E-state index contributed by atoms with van der Waals surface area (Å²) in [6, 6.07) is 16.3. The molecule has 2 rings (SSSR count). The molecule has 2 aromatic rings. The molecule has 0 N–H and O–H groups in total. The molecule has 2 aromatic carbocycles. The highest BCUT2D eigenvalue weighted by Gasteiger charge is 2.11. The van der Waals surface area contributed by atoms with Gasteiger partial charge >= 0.3 is 0 Å². The number of carbonyl (C=O) groups excluding carboxylic acids is 1. The number of benzene rings is 2. The molecule has 110 valence electrons. The summed E-state index contributed by atoms with van der Waals surface area (Å²) in [7, 11) is 0. The molecular formula is C19H22O2. The van der Waals surface area contributed by atoms with Crippen LogP contribution in [0.5, 0.6) is 5.75 Å². The quantitative estimate of drug-likeness (QED) is 0.770. The van der Waals surface area contributed by atoms with Crippen LogP contribution in [0, 0.1) is 12.8 Å².